The zero-order valence-electron chi connectivity index (χ0n) is 15.3. The summed E-state index contributed by atoms with van der Waals surface area (Å²) in [6.45, 7) is 1.83. The van der Waals surface area contributed by atoms with Crippen molar-refractivity contribution in [2.45, 2.75) is 6.92 Å². The normalized spacial score (nSPS) is 10.9. The van der Waals surface area contributed by atoms with Gasteiger partial charge in [0.25, 0.3) is 5.91 Å². The Morgan fingerprint density at radius 3 is 2.69 bits per heavy atom. The molecule has 1 amide bonds. The van der Waals surface area contributed by atoms with E-state index in [2.05, 4.69) is 19.9 Å². The lowest BCUT2D eigenvalue weighted by Crippen LogP contribution is -2.30. The number of benzene rings is 2. The number of aromatic nitrogens is 3. The molecule has 10 heteroatoms. The zero-order chi connectivity index (χ0) is 20.5. The molecule has 29 heavy (non-hydrogen) atoms. The van der Waals surface area contributed by atoms with E-state index in [-0.39, 0.29) is 5.91 Å². The summed E-state index contributed by atoms with van der Waals surface area (Å²) in [7, 11) is -1.64. The molecule has 0 aliphatic rings. The van der Waals surface area contributed by atoms with Crippen LogP contribution in [-0.2, 0) is 0 Å². The van der Waals surface area contributed by atoms with E-state index < -0.39 is 7.12 Å². The lowest BCUT2D eigenvalue weighted by molar-refractivity contribution is 0.102. The summed E-state index contributed by atoms with van der Waals surface area (Å²) in [4.78, 5) is 12.5. The number of nitrogens with two attached hydrogens (primary N) is 1. The Kier molecular flexibility index (Phi) is 4.97. The number of anilines is 2. The third kappa shape index (κ3) is 3.68. The van der Waals surface area contributed by atoms with Crippen LogP contribution in [0.4, 0.5) is 11.5 Å². The topological polar surface area (TPSA) is 134 Å². The Balaban J connectivity index is 1.84. The largest absolute Gasteiger partial charge is 0.488 e. The van der Waals surface area contributed by atoms with Gasteiger partial charge in [-0.05, 0) is 47.7 Å². The quantitative estimate of drug-likeness (QED) is 0.379. The predicted octanol–water partition coefficient (Wildman–Crippen LogP) is 1.58. The summed E-state index contributed by atoms with van der Waals surface area (Å²) in [6.07, 6.45) is 1.49. The van der Waals surface area contributed by atoms with Gasteiger partial charge in [0.2, 0.25) is 0 Å². The van der Waals surface area contributed by atoms with E-state index in [0.717, 1.165) is 16.3 Å². The molecule has 0 atom stereocenters. The van der Waals surface area contributed by atoms with Crippen molar-refractivity contribution >= 4 is 52.3 Å². The lowest BCUT2D eigenvalue weighted by Gasteiger charge is -2.14. The number of nitrogen functional groups attached to an aromatic ring is 1. The van der Waals surface area contributed by atoms with Crippen LogP contribution >= 0.6 is 11.5 Å². The lowest BCUT2D eigenvalue weighted by atomic mass is 9.78. The third-order valence-electron chi connectivity index (χ3n) is 4.59. The van der Waals surface area contributed by atoms with Gasteiger partial charge in [-0.2, -0.15) is 5.10 Å². The maximum absolute atomic E-state index is 12.5. The molecule has 2 aromatic heterocycles. The Labute approximate surface area is 170 Å². The first-order valence-electron chi connectivity index (χ1n) is 8.67. The van der Waals surface area contributed by atoms with E-state index in [1.54, 1.807) is 23.6 Å². The number of nitrogens with zero attached hydrogens (tertiary/aromatic N) is 3. The maximum atomic E-state index is 12.5. The molecule has 0 unspecified atom stereocenters. The summed E-state index contributed by atoms with van der Waals surface area (Å²) in [5.41, 5.74) is 9.30. The van der Waals surface area contributed by atoms with E-state index in [1.165, 1.54) is 17.7 Å². The molecule has 144 valence electrons. The van der Waals surface area contributed by atoms with Gasteiger partial charge in [0.15, 0.2) is 5.82 Å². The fourth-order valence-electron chi connectivity index (χ4n) is 3.05. The van der Waals surface area contributed by atoms with Crippen molar-refractivity contribution in [3.05, 3.63) is 59.2 Å². The van der Waals surface area contributed by atoms with Crippen LogP contribution in [0.3, 0.4) is 0 Å². The number of hydrogen-bond acceptors (Lipinski definition) is 8. The SMILES string of the molecule is Cc1nnc(N)c2ccc(-c3cc(B(O)O)ccc3NC(=O)c3cnsc3)cc12. The van der Waals surface area contributed by atoms with Crippen LogP contribution in [0.5, 0.6) is 0 Å². The van der Waals surface area contributed by atoms with Gasteiger partial charge in [-0.15, -0.1) is 5.10 Å². The van der Waals surface area contributed by atoms with E-state index in [0.29, 0.717) is 33.8 Å². The Hall–Kier alpha value is -3.34. The number of aryl methyl sites for hydroxylation is 1. The van der Waals surface area contributed by atoms with Crippen LogP contribution in [-0.4, -0.2) is 37.6 Å². The van der Waals surface area contributed by atoms with Crippen molar-refractivity contribution in [2.75, 3.05) is 11.1 Å². The average molecular weight is 405 g/mol. The summed E-state index contributed by atoms with van der Waals surface area (Å²) >= 11 is 1.19. The summed E-state index contributed by atoms with van der Waals surface area (Å²) in [5.74, 6) is 0.0274. The first-order chi connectivity index (χ1) is 13.9. The first-order valence-corrected chi connectivity index (χ1v) is 9.51. The molecule has 0 radical (unpaired) electrons. The second-order valence-electron chi connectivity index (χ2n) is 6.48. The Bertz CT molecular complexity index is 1210. The second-order valence-corrected chi connectivity index (χ2v) is 7.13. The highest BCUT2D eigenvalue weighted by molar-refractivity contribution is 7.03. The maximum Gasteiger partial charge on any atom is 0.488 e. The first kappa shape index (κ1) is 19.0. The van der Waals surface area contributed by atoms with Crippen molar-refractivity contribution in [3.8, 4) is 11.1 Å². The molecule has 0 saturated heterocycles. The van der Waals surface area contributed by atoms with E-state index in [4.69, 9.17) is 5.73 Å². The van der Waals surface area contributed by atoms with Crippen molar-refractivity contribution in [1.82, 2.24) is 14.6 Å². The number of amides is 1. The van der Waals surface area contributed by atoms with Gasteiger partial charge in [-0.3, -0.25) is 4.79 Å². The van der Waals surface area contributed by atoms with E-state index in [9.17, 15) is 14.8 Å². The molecule has 0 fully saturated rings. The molecule has 0 saturated carbocycles. The van der Waals surface area contributed by atoms with Gasteiger partial charge in [-0.25, -0.2) is 4.37 Å². The van der Waals surface area contributed by atoms with E-state index in [1.807, 2.05) is 25.1 Å². The summed E-state index contributed by atoms with van der Waals surface area (Å²) in [6, 6.07) is 10.4. The molecule has 0 spiro atoms. The van der Waals surface area contributed by atoms with Crippen molar-refractivity contribution in [3.63, 3.8) is 0 Å². The fraction of sp³-hybridized carbons (Fsp3) is 0.0526. The molecule has 0 bridgehead atoms. The number of carbonyl (C=O) groups excluding carboxylic acids is 1. The van der Waals surface area contributed by atoms with Crippen LogP contribution in [0.25, 0.3) is 21.9 Å². The third-order valence-corrected chi connectivity index (χ3v) is 5.17. The van der Waals surface area contributed by atoms with Gasteiger partial charge in [0.05, 0.1) is 17.5 Å². The van der Waals surface area contributed by atoms with Crippen LogP contribution in [0.15, 0.2) is 48.0 Å². The van der Waals surface area contributed by atoms with Gasteiger partial charge >= 0.3 is 7.12 Å². The van der Waals surface area contributed by atoms with Crippen molar-refractivity contribution in [2.24, 2.45) is 0 Å². The number of fused-ring (bicyclic) bond motifs is 1. The van der Waals surface area contributed by atoms with Gasteiger partial charge in [0.1, 0.15) is 0 Å². The number of carbonyl (C=O) groups is 1. The highest BCUT2D eigenvalue weighted by Crippen LogP contribution is 2.32. The molecule has 8 nitrogen and oxygen atoms in total. The standard InChI is InChI=1S/C19H16BN5O3S/c1-10-15-6-11(2-4-14(15)18(21)25-24-10)16-7-13(20(27)28)3-5-17(16)23-19(26)12-8-22-29-9-12/h2-9,27-28H,1H3,(H2,21,25)(H,23,26). The molecule has 5 N–H and O–H groups in total. The minimum atomic E-state index is -1.64. The van der Waals surface area contributed by atoms with E-state index >= 15 is 0 Å². The van der Waals surface area contributed by atoms with Crippen LogP contribution in [0.1, 0.15) is 16.1 Å². The van der Waals surface area contributed by atoms with Gasteiger partial charge in [0, 0.05) is 27.4 Å². The van der Waals surface area contributed by atoms with Crippen LogP contribution < -0.4 is 16.5 Å². The minimum Gasteiger partial charge on any atom is -0.423 e. The molecular weight excluding hydrogens is 389 g/mol. The number of rotatable bonds is 4. The average Bonchev–Trinajstić information content (AvgIpc) is 3.26. The fourth-order valence-corrected chi connectivity index (χ4v) is 3.57. The molecular formula is C19H16BN5O3S. The Morgan fingerprint density at radius 1 is 1.14 bits per heavy atom. The highest BCUT2D eigenvalue weighted by Gasteiger charge is 2.17. The summed E-state index contributed by atoms with van der Waals surface area (Å²) < 4.78 is 3.94. The molecule has 2 heterocycles. The monoisotopic (exact) mass is 405 g/mol. The number of nitrogens with one attached hydrogen (secondary N) is 1. The van der Waals surface area contributed by atoms with Crippen molar-refractivity contribution < 1.29 is 14.8 Å². The molecule has 4 rings (SSSR count). The van der Waals surface area contributed by atoms with Crippen molar-refractivity contribution in [1.29, 1.82) is 0 Å². The molecule has 2 aromatic carbocycles. The highest BCUT2D eigenvalue weighted by atomic mass is 32.1. The smallest absolute Gasteiger partial charge is 0.423 e. The molecule has 0 aliphatic carbocycles. The van der Waals surface area contributed by atoms with Gasteiger partial charge < -0.3 is 21.1 Å². The van der Waals surface area contributed by atoms with Crippen LogP contribution in [0.2, 0.25) is 0 Å². The number of hydrogen-bond donors (Lipinski definition) is 4. The van der Waals surface area contributed by atoms with Gasteiger partial charge in [-0.1, -0.05) is 18.2 Å². The second kappa shape index (κ2) is 7.59. The van der Waals surface area contributed by atoms with Crippen LogP contribution in [0, 0.1) is 6.92 Å². The molecule has 0 aliphatic heterocycles. The summed E-state index contributed by atoms with van der Waals surface area (Å²) in [5, 5.41) is 33.3. The minimum absolute atomic E-state index is 0.302. The predicted molar refractivity (Wildman–Crippen MR) is 114 cm³/mol. The molecule has 4 aromatic rings. The Morgan fingerprint density at radius 2 is 1.97 bits per heavy atom. The zero-order valence-corrected chi connectivity index (χ0v) is 16.1.